The van der Waals surface area contributed by atoms with E-state index in [-0.39, 0.29) is 42.1 Å². The number of phenols is 1. The highest BCUT2D eigenvalue weighted by atomic mass is 16.3. The van der Waals surface area contributed by atoms with Crippen molar-refractivity contribution in [1.29, 1.82) is 0 Å². The molecule has 1 aromatic rings. The van der Waals surface area contributed by atoms with Gasteiger partial charge in [-0.15, -0.1) is 0 Å². The molecule has 5 rings (SSSR count). The van der Waals surface area contributed by atoms with Crippen molar-refractivity contribution in [3.05, 3.63) is 34.4 Å². The number of amides is 1. The smallest absolute Gasteiger partial charge is 0.230 e. The largest absolute Gasteiger partial charge is 0.507 e. The van der Waals surface area contributed by atoms with Crippen molar-refractivity contribution in [1.82, 2.24) is 9.80 Å². The summed E-state index contributed by atoms with van der Waals surface area (Å²) >= 11 is 0. The lowest BCUT2D eigenvalue weighted by Crippen LogP contribution is -2.73. The Morgan fingerprint density at radius 2 is 1.79 bits per heavy atom. The second-order valence-electron chi connectivity index (χ2n) is 11.5. The van der Waals surface area contributed by atoms with Gasteiger partial charge in [-0.05, 0) is 76.5 Å². The molecule has 210 valence electrons. The van der Waals surface area contributed by atoms with E-state index in [0.717, 1.165) is 32.4 Å². The summed E-state index contributed by atoms with van der Waals surface area (Å²) in [6.45, 7) is 1.82. The minimum absolute atomic E-state index is 0.00755. The molecule has 0 radical (unpaired) electrons. The number of likely N-dealkylation sites (tertiary alicyclic amines) is 1. The summed E-state index contributed by atoms with van der Waals surface area (Å²) in [6, 6.07) is 1.84. The lowest BCUT2D eigenvalue weighted by molar-refractivity contribution is -0.184. The first-order chi connectivity index (χ1) is 18.4. The number of fused-ring (bicyclic) bond motifs is 3. The molecule has 4 aliphatic rings. The molecule has 1 saturated heterocycles. The SMILES string of the molecule is CN(C)[C@@H]1C(O)C(C(N)=O)C(=O)[C@@]2(O)C(=O)C3=C(O)c4c(O)ccc(C(=O)CN5CCCCC5)c4C[C@H]3C[C@@H]12. The quantitative estimate of drug-likeness (QED) is 0.247. The first kappa shape index (κ1) is 27.4. The molecule has 6 atom stereocenters. The molecule has 3 aliphatic carbocycles. The van der Waals surface area contributed by atoms with Crippen molar-refractivity contribution in [3.63, 3.8) is 0 Å². The number of ketones is 3. The topological polar surface area (TPSA) is 182 Å². The van der Waals surface area contributed by atoms with Crippen molar-refractivity contribution in [3.8, 4) is 5.75 Å². The van der Waals surface area contributed by atoms with Gasteiger partial charge in [0.25, 0.3) is 0 Å². The molecule has 11 heteroatoms. The van der Waals surface area contributed by atoms with E-state index >= 15 is 0 Å². The Balaban J connectivity index is 1.60. The highest BCUT2D eigenvalue weighted by Gasteiger charge is 2.67. The van der Waals surface area contributed by atoms with Gasteiger partial charge in [-0.1, -0.05) is 6.42 Å². The first-order valence-corrected chi connectivity index (χ1v) is 13.4. The fourth-order valence-corrected chi connectivity index (χ4v) is 7.27. The van der Waals surface area contributed by atoms with Crippen LogP contribution in [0.1, 0.15) is 47.2 Å². The fourth-order valence-electron chi connectivity index (χ4n) is 7.27. The van der Waals surface area contributed by atoms with Crippen LogP contribution >= 0.6 is 0 Å². The molecule has 39 heavy (non-hydrogen) atoms. The van der Waals surface area contributed by atoms with Crippen LogP contribution in [0.4, 0.5) is 0 Å². The van der Waals surface area contributed by atoms with Crippen LogP contribution in [0.2, 0.25) is 0 Å². The predicted octanol–water partition coefficient (Wildman–Crippen LogP) is -0.202. The molecular formula is C28H35N3O8. The van der Waals surface area contributed by atoms with Crippen LogP contribution in [0.3, 0.4) is 0 Å². The van der Waals surface area contributed by atoms with E-state index in [9.17, 15) is 39.6 Å². The van der Waals surface area contributed by atoms with Gasteiger partial charge in [0.2, 0.25) is 11.7 Å². The molecular weight excluding hydrogens is 506 g/mol. The van der Waals surface area contributed by atoms with Crippen LogP contribution in [0.25, 0.3) is 5.76 Å². The molecule has 2 unspecified atom stereocenters. The van der Waals surface area contributed by atoms with E-state index < -0.39 is 58.7 Å². The van der Waals surface area contributed by atoms with Gasteiger partial charge in [0.15, 0.2) is 17.2 Å². The number of likely N-dealkylation sites (N-methyl/N-ethyl adjacent to an activating group) is 1. The van der Waals surface area contributed by atoms with Crippen LogP contribution in [-0.4, -0.2) is 105 Å². The molecule has 1 aliphatic heterocycles. The van der Waals surface area contributed by atoms with Crippen molar-refractivity contribution >= 4 is 29.0 Å². The second kappa shape index (κ2) is 9.81. The van der Waals surface area contributed by atoms with Crippen molar-refractivity contribution in [2.75, 3.05) is 33.7 Å². The van der Waals surface area contributed by atoms with E-state index in [2.05, 4.69) is 4.90 Å². The standard InChI is InChI=1S/C28H35N3O8/c1-30(2)22-16-11-13-10-15-14(18(33)12-31-8-4-3-5-9-31)6-7-17(32)20(15)23(34)19(13)25(36)28(16,39)26(37)21(24(22)35)27(29)38/h6-7,13,16,21-22,24,32,34-35,39H,3-5,8-12H2,1-2H3,(H2,29,38)/t13-,16-,21?,22-,24?,28-/m0/s1. The minimum Gasteiger partial charge on any atom is -0.507 e. The van der Waals surface area contributed by atoms with Crippen molar-refractivity contribution in [2.45, 2.75) is 49.9 Å². The number of phenolic OH excluding ortho intramolecular Hbond substituents is 1. The average molecular weight is 542 g/mol. The summed E-state index contributed by atoms with van der Waals surface area (Å²) in [5, 5.41) is 44.7. The number of Topliss-reactive ketones (excluding diaryl/α,β-unsaturated/α-hetero) is 3. The number of benzene rings is 1. The second-order valence-corrected chi connectivity index (χ2v) is 11.5. The number of primary amides is 1. The van der Waals surface area contributed by atoms with Crippen LogP contribution in [0.15, 0.2) is 17.7 Å². The van der Waals surface area contributed by atoms with E-state index in [1.807, 2.05) is 0 Å². The third kappa shape index (κ3) is 4.10. The van der Waals surface area contributed by atoms with E-state index in [4.69, 9.17) is 5.73 Å². The van der Waals surface area contributed by atoms with Gasteiger partial charge in [0.1, 0.15) is 17.4 Å². The molecule has 2 saturated carbocycles. The summed E-state index contributed by atoms with van der Waals surface area (Å²) in [5.74, 6) is -8.16. The van der Waals surface area contributed by atoms with Crippen molar-refractivity contribution in [2.24, 2.45) is 23.5 Å². The molecule has 1 heterocycles. The molecule has 0 aromatic heterocycles. The maximum absolute atomic E-state index is 13.9. The molecule has 3 fully saturated rings. The summed E-state index contributed by atoms with van der Waals surface area (Å²) < 4.78 is 0. The van der Waals surface area contributed by atoms with Gasteiger partial charge >= 0.3 is 0 Å². The van der Waals surface area contributed by atoms with Gasteiger partial charge in [-0.2, -0.15) is 0 Å². The lowest BCUT2D eigenvalue weighted by Gasteiger charge is -2.53. The molecule has 11 nitrogen and oxygen atoms in total. The number of carbonyl (C=O) groups excluding carboxylic acids is 4. The van der Waals surface area contributed by atoms with Crippen molar-refractivity contribution < 1.29 is 39.6 Å². The first-order valence-electron chi connectivity index (χ1n) is 13.4. The number of aromatic hydroxyl groups is 1. The zero-order valence-corrected chi connectivity index (χ0v) is 22.1. The number of rotatable bonds is 5. The fraction of sp³-hybridized carbons (Fsp3) is 0.571. The number of nitrogens with two attached hydrogens (primary N) is 1. The number of nitrogens with zero attached hydrogens (tertiary/aromatic N) is 2. The molecule has 0 spiro atoms. The van der Waals surface area contributed by atoms with Crippen LogP contribution in [-0.2, 0) is 20.8 Å². The Hall–Kier alpha value is -3.12. The van der Waals surface area contributed by atoms with E-state index in [0.29, 0.717) is 11.1 Å². The number of aliphatic hydroxyl groups excluding tert-OH is 2. The van der Waals surface area contributed by atoms with Crippen LogP contribution in [0.5, 0.6) is 5.75 Å². The van der Waals surface area contributed by atoms with Gasteiger partial charge in [-0.3, -0.25) is 24.1 Å². The Morgan fingerprint density at radius 3 is 2.41 bits per heavy atom. The monoisotopic (exact) mass is 541 g/mol. The molecule has 1 amide bonds. The third-order valence-electron chi connectivity index (χ3n) is 9.09. The maximum Gasteiger partial charge on any atom is 0.230 e. The van der Waals surface area contributed by atoms with Gasteiger partial charge < -0.3 is 31.1 Å². The zero-order chi connectivity index (χ0) is 28.4. The number of hydrogen-bond acceptors (Lipinski definition) is 10. The normalized spacial score (nSPS) is 33.0. The highest BCUT2D eigenvalue weighted by Crippen LogP contribution is 2.52. The minimum atomic E-state index is -2.71. The summed E-state index contributed by atoms with van der Waals surface area (Å²) in [6.07, 6.45) is 1.70. The number of piperidine rings is 1. The summed E-state index contributed by atoms with van der Waals surface area (Å²) in [4.78, 5) is 56.4. The summed E-state index contributed by atoms with van der Waals surface area (Å²) in [5.41, 5.74) is 3.13. The van der Waals surface area contributed by atoms with Gasteiger partial charge in [-0.25, -0.2) is 0 Å². The number of carbonyl (C=O) groups is 4. The number of aliphatic hydroxyl groups is 3. The Bertz CT molecular complexity index is 1280. The zero-order valence-electron chi connectivity index (χ0n) is 22.1. The Kier molecular flexibility index (Phi) is 6.91. The average Bonchev–Trinajstić information content (AvgIpc) is 2.86. The van der Waals surface area contributed by atoms with E-state index in [1.54, 1.807) is 19.0 Å². The highest BCUT2D eigenvalue weighted by molar-refractivity contribution is 6.25. The maximum atomic E-state index is 13.9. The molecule has 0 bridgehead atoms. The third-order valence-corrected chi connectivity index (χ3v) is 9.09. The van der Waals surface area contributed by atoms with E-state index in [1.165, 1.54) is 12.1 Å². The van der Waals surface area contributed by atoms with Gasteiger partial charge in [0, 0.05) is 23.1 Å². The van der Waals surface area contributed by atoms with Crippen LogP contribution in [0, 0.1) is 17.8 Å². The van der Waals surface area contributed by atoms with Gasteiger partial charge in [0.05, 0.1) is 18.2 Å². The Labute approximate surface area is 225 Å². The Morgan fingerprint density at radius 1 is 1.13 bits per heavy atom. The summed E-state index contributed by atoms with van der Waals surface area (Å²) in [7, 11) is 3.20. The van der Waals surface area contributed by atoms with Crippen LogP contribution < -0.4 is 5.73 Å². The predicted molar refractivity (Wildman–Crippen MR) is 139 cm³/mol. The molecule has 6 N–H and O–H groups in total. The molecule has 1 aromatic carbocycles. The lowest BCUT2D eigenvalue weighted by atomic mass is 9.54. The number of hydrogen-bond donors (Lipinski definition) is 5.